The summed E-state index contributed by atoms with van der Waals surface area (Å²) in [7, 11) is 0. The highest BCUT2D eigenvalue weighted by Crippen LogP contribution is 2.36. The van der Waals surface area contributed by atoms with Gasteiger partial charge in [-0.2, -0.15) is 0 Å². The number of esters is 3. The third kappa shape index (κ3) is 6.05. The van der Waals surface area contributed by atoms with Gasteiger partial charge in [0, 0.05) is 32.8 Å². The molecule has 36 heavy (non-hydrogen) atoms. The molecule has 0 saturated carbocycles. The molecule has 1 aliphatic rings. The molecule has 1 aliphatic heterocycles. The van der Waals surface area contributed by atoms with E-state index in [-0.39, 0.29) is 24.3 Å². The Morgan fingerprint density at radius 3 is 2.11 bits per heavy atom. The summed E-state index contributed by atoms with van der Waals surface area (Å²) in [5.41, 5.74) is -0.246. The maximum Gasteiger partial charge on any atom is 0.303 e. The zero-order valence-corrected chi connectivity index (χ0v) is 19.4. The van der Waals surface area contributed by atoms with E-state index < -0.39 is 65.8 Å². The van der Waals surface area contributed by atoms with Crippen LogP contribution in [0.2, 0.25) is 0 Å². The van der Waals surface area contributed by atoms with Crippen LogP contribution in [0.15, 0.2) is 18.3 Å². The number of halogens is 3. The zero-order valence-electron chi connectivity index (χ0n) is 19.4. The van der Waals surface area contributed by atoms with Crippen LogP contribution in [0, 0.1) is 17.5 Å². The first-order valence-corrected chi connectivity index (χ1v) is 10.7. The molecule has 0 unspecified atom stereocenters. The van der Waals surface area contributed by atoms with Crippen molar-refractivity contribution >= 4 is 24.2 Å². The number of nitrogens with zero attached hydrogens (tertiary/aromatic N) is 3. The second-order valence-electron chi connectivity index (χ2n) is 7.89. The van der Waals surface area contributed by atoms with E-state index in [2.05, 4.69) is 10.3 Å². The first kappa shape index (κ1) is 26.8. The predicted octanol–water partition coefficient (Wildman–Crippen LogP) is 1.69. The molecule has 194 valence electrons. The first-order valence-electron chi connectivity index (χ1n) is 10.7. The fourth-order valence-electron chi connectivity index (χ4n) is 3.86. The summed E-state index contributed by atoms with van der Waals surface area (Å²) in [4.78, 5) is 46.5. The molecule has 2 heterocycles. The van der Waals surface area contributed by atoms with Crippen LogP contribution in [0.1, 0.15) is 33.2 Å². The number of rotatable bonds is 8. The van der Waals surface area contributed by atoms with Gasteiger partial charge in [-0.1, -0.05) is 5.21 Å². The zero-order chi connectivity index (χ0) is 26.6. The van der Waals surface area contributed by atoms with Gasteiger partial charge in [0.25, 0.3) is 0 Å². The molecule has 14 heteroatoms. The number of aldehydes is 1. The van der Waals surface area contributed by atoms with E-state index in [1.165, 1.54) is 6.20 Å². The van der Waals surface area contributed by atoms with Gasteiger partial charge in [0.1, 0.15) is 36.8 Å². The van der Waals surface area contributed by atoms with Crippen LogP contribution in [0.25, 0.3) is 11.3 Å². The van der Waals surface area contributed by atoms with Crippen molar-refractivity contribution in [3.8, 4) is 11.3 Å². The summed E-state index contributed by atoms with van der Waals surface area (Å²) in [5, 5.41) is 7.78. The molecule has 1 aromatic carbocycles. The Bertz CT molecular complexity index is 1130. The van der Waals surface area contributed by atoms with Crippen molar-refractivity contribution in [3.05, 3.63) is 35.8 Å². The third-order valence-corrected chi connectivity index (χ3v) is 5.23. The van der Waals surface area contributed by atoms with Crippen molar-refractivity contribution in [3.63, 3.8) is 0 Å². The lowest BCUT2D eigenvalue weighted by Crippen LogP contribution is -2.58. The van der Waals surface area contributed by atoms with Gasteiger partial charge in [0.15, 0.2) is 29.7 Å². The molecule has 5 atom stereocenters. The number of hydrogen-bond donors (Lipinski definition) is 0. The Morgan fingerprint density at radius 2 is 1.58 bits per heavy atom. The molecule has 0 aliphatic carbocycles. The summed E-state index contributed by atoms with van der Waals surface area (Å²) in [6, 6.07) is 0.249. The summed E-state index contributed by atoms with van der Waals surface area (Å²) in [5.74, 6) is -6.74. The quantitative estimate of drug-likeness (QED) is 0.222. The third-order valence-electron chi connectivity index (χ3n) is 5.23. The highest BCUT2D eigenvalue weighted by Gasteiger charge is 2.51. The summed E-state index contributed by atoms with van der Waals surface area (Å²) in [6.45, 7) is 2.98. The fourth-order valence-corrected chi connectivity index (χ4v) is 3.86. The van der Waals surface area contributed by atoms with Crippen molar-refractivity contribution in [2.24, 2.45) is 0 Å². The highest BCUT2D eigenvalue weighted by atomic mass is 19.2. The van der Waals surface area contributed by atoms with E-state index in [9.17, 15) is 32.3 Å². The molecule has 0 N–H and O–H groups in total. The number of carbonyl (C=O) groups excluding carboxylic acids is 4. The standard InChI is InChI=1S/C22H22F3N3O8/c1-10(30)33-9-18-22(35-12(3)32)20(21(34-11(2)31)17(36-18)4-5-29)28-8-16(26-27-28)13-6-14(23)19(25)15(24)7-13/h5-8,17-18,20-22H,4,9H2,1-3H3/t17-,18-,20-,21+,22+/m1/s1. The van der Waals surface area contributed by atoms with E-state index in [4.69, 9.17) is 18.9 Å². The van der Waals surface area contributed by atoms with Crippen LogP contribution in [0.4, 0.5) is 13.2 Å². The molecular weight excluding hydrogens is 491 g/mol. The molecular formula is C22H22F3N3O8. The molecule has 1 fully saturated rings. The van der Waals surface area contributed by atoms with Crippen molar-refractivity contribution in [1.82, 2.24) is 15.0 Å². The van der Waals surface area contributed by atoms with Gasteiger partial charge in [-0.3, -0.25) is 14.4 Å². The molecule has 11 nitrogen and oxygen atoms in total. The van der Waals surface area contributed by atoms with Crippen LogP contribution in [0.5, 0.6) is 0 Å². The summed E-state index contributed by atoms with van der Waals surface area (Å²) >= 11 is 0. The monoisotopic (exact) mass is 513 g/mol. The minimum absolute atomic E-state index is 0.0917. The number of carbonyl (C=O) groups is 4. The second kappa shape index (κ2) is 11.3. The smallest absolute Gasteiger partial charge is 0.303 e. The average molecular weight is 513 g/mol. The normalized spacial score (nSPS) is 23.6. The molecule has 1 saturated heterocycles. The topological polar surface area (TPSA) is 136 Å². The van der Waals surface area contributed by atoms with E-state index in [1.807, 2.05) is 0 Å². The number of ether oxygens (including phenoxy) is 4. The SMILES string of the molecule is CC(=O)OC[C@H]1O[C@H](CC=O)[C@H](OC(C)=O)[C@@H](n2cc(-c3cc(F)c(F)c(F)c3)nn2)[C@H]1OC(C)=O. The molecule has 0 spiro atoms. The van der Waals surface area contributed by atoms with Crippen LogP contribution < -0.4 is 0 Å². The van der Waals surface area contributed by atoms with Crippen LogP contribution >= 0.6 is 0 Å². The minimum atomic E-state index is -1.66. The average Bonchev–Trinajstić information content (AvgIpc) is 3.27. The largest absolute Gasteiger partial charge is 0.463 e. The maximum atomic E-state index is 13.8. The van der Waals surface area contributed by atoms with Gasteiger partial charge in [0.2, 0.25) is 0 Å². The second-order valence-corrected chi connectivity index (χ2v) is 7.89. The summed E-state index contributed by atoms with van der Waals surface area (Å²) in [6.07, 6.45) is -3.24. The molecule has 1 aromatic heterocycles. The Labute approximate surface area is 202 Å². The molecule has 3 rings (SSSR count). The molecule has 2 aromatic rings. The lowest BCUT2D eigenvalue weighted by Gasteiger charge is -2.44. The number of hydrogen-bond acceptors (Lipinski definition) is 10. The van der Waals surface area contributed by atoms with Crippen molar-refractivity contribution < 1.29 is 51.3 Å². The molecule has 0 radical (unpaired) electrons. The van der Waals surface area contributed by atoms with Crippen molar-refractivity contribution in [2.45, 2.75) is 57.6 Å². The lowest BCUT2D eigenvalue weighted by molar-refractivity contribution is -0.228. The van der Waals surface area contributed by atoms with Crippen molar-refractivity contribution in [2.75, 3.05) is 6.61 Å². The fraction of sp³-hybridized carbons (Fsp3) is 0.455. The first-order chi connectivity index (χ1) is 17.0. The van der Waals surface area contributed by atoms with E-state index >= 15 is 0 Å². The molecule has 0 bridgehead atoms. The number of aromatic nitrogens is 3. The molecule has 0 amide bonds. The van der Waals surface area contributed by atoms with Crippen LogP contribution in [-0.4, -0.2) is 70.2 Å². The lowest BCUT2D eigenvalue weighted by atomic mass is 9.90. The van der Waals surface area contributed by atoms with E-state index in [0.717, 1.165) is 25.5 Å². The Morgan fingerprint density at radius 1 is 1.00 bits per heavy atom. The van der Waals surface area contributed by atoms with Crippen molar-refractivity contribution in [1.29, 1.82) is 0 Å². The predicted molar refractivity (Wildman–Crippen MR) is 111 cm³/mol. The van der Waals surface area contributed by atoms with E-state index in [0.29, 0.717) is 18.4 Å². The van der Waals surface area contributed by atoms with E-state index in [1.54, 1.807) is 0 Å². The van der Waals surface area contributed by atoms with Gasteiger partial charge >= 0.3 is 17.9 Å². The van der Waals surface area contributed by atoms with Gasteiger partial charge < -0.3 is 23.7 Å². The number of benzene rings is 1. The Hall–Kier alpha value is -3.81. The van der Waals surface area contributed by atoms with Gasteiger partial charge in [-0.05, 0) is 12.1 Å². The summed E-state index contributed by atoms with van der Waals surface area (Å²) < 4.78 is 63.7. The maximum absolute atomic E-state index is 13.8. The van der Waals surface area contributed by atoms with Crippen LogP contribution in [0.3, 0.4) is 0 Å². The highest BCUT2D eigenvalue weighted by molar-refractivity contribution is 5.67. The van der Waals surface area contributed by atoms with Gasteiger partial charge in [-0.15, -0.1) is 5.10 Å². The Kier molecular flexibility index (Phi) is 8.40. The van der Waals surface area contributed by atoms with Gasteiger partial charge in [-0.25, -0.2) is 17.9 Å². The van der Waals surface area contributed by atoms with Crippen LogP contribution in [-0.2, 0) is 38.1 Å². The minimum Gasteiger partial charge on any atom is -0.463 e. The van der Waals surface area contributed by atoms with Gasteiger partial charge in [0.05, 0.1) is 6.20 Å². The Balaban J connectivity index is 2.10.